The second-order valence-corrected chi connectivity index (χ2v) is 5.68. The summed E-state index contributed by atoms with van der Waals surface area (Å²) in [6.45, 7) is 1.98. The lowest BCUT2D eigenvalue weighted by Gasteiger charge is -2.24. The quantitative estimate of drug-likeness (QED) is 0.802. The van der Waals surface area contributed by atoms with Crippen LogP contribution in [0.15, 0.2) is 0 Å². The fraction of sp³-hybridized carbons (Fsp3) is 0.929. The number of carboxylic acid groups (broad SMARTS) is 1. The molecule has 1 atom stereocenters. The molecule has 0 aromatic heterocycles. The molecule has 1 aliphatic carbocycles. The second kappa shape index (κ2) is 6.39. The van der Waals surface area contributed by atoms with Gasteiger partial charge in [0.1, 0.15) is 6.04 Å². The van der Waals surface area contributed by atoms with Gasteiger partial charge >= 0.3 is 5.97 Å². The number of rotatable bonds is 5. The van der Waals surface area contributed by atoms with Crippen LogP contribution in [0.2, 0.25) is 0 Å². The van der Waals surface area contributed by atoms with E-state index in [1.54, 1.807) is 0 Å². The average molecular weight is 239 g/mol. The first-order chi connectivity index (χ1) is 8.27. The zero-order valence-electron chi connectivity index (χ0n) is 10.7. The van der Waals surface area contributed by atoms with E-state index in [1.807, 2.05) is 0 Å². The molecule has 3 nitrogen and oxygen atoms in total. The Morgan fingerprint density at radius 1 is 1.12 bits per heavy atom. The Hall–Kier alpha value is -0.570. The molecule has 1 aliphatic heterocycles. The summed E-state index contributed by atoms with van der Waals surface area (Å²) in [4.78, 5) is 13.2. The SMILES string of the molecule is O=C(O)[C@@H]1CCCN1CCCC1CCCCC1. The minimum Gasteiger partial charge on any atom is -0.480 e. The highest BCUT2D eigenvalue weighted by Crippen LogP contribution is 2.28. The molecule has 1 N–H and O–H groups in total. The molecular formula is C14H25NO2. The predicted octanol–water partition coefficient (Wildman–Crippen LogP) is 2.90. The van der Waals surface area contributed by atoms with Crippen LogP contribution >= 0.6 is 0 Å². The Morgan fingerprint density at radius 2 is 1.88 bits per heavy atom. The summed E-state index contributed by atoms with van der Waals surface area (Å²) in [7, 11) is 0. The smallest absolute Gasteiger partial charge is 0.320 e. The number of hydrogen-bond donors (Lipinski definition) is 1. The molecule has 3 heteroatoms. The number of carboxylic acids is 1. The Labute approximate surface area is 104 Å². The van der Waals surface area contributed by atoms with Gasteiger partial charge in [-0.3, -0.25) is 9.69 Å². The van der Waals surface area contributed by atoms with Crippen molar-refractivity contribution in [2.24, 2.45) is 5.92 Å². The van der Waals surface area contributed by atoms with E-state index in [9.17, 15) is 4.79 Å². The third kappa shape index (κ3) is 3.70. The van der Waals surface area contributed by atoms with Crippen LogP contribution in [0.1, 0.15) is 57.8 Å². The molecule has 0 bridgehead atoms. The number of nitrogens with zero attached hydrogens (tertiary/aromatic N) is 1. The van der Waals surface area contributed by atoms with Gasteiger partial charge in [0.05, 0.1) is 0 Å². The molecule has 98 valence electrons. The van der Waals surface area contributed by atoms with Gasteiger partial charge in [0, 0.05) is 0 Å². The van der Waals surface area contributed by atoms with E-state index in [0.717, 1.165) is 31.8 Å². The molecule has 17 heavy (non-hydrogen) atoms. The third-order valence-electron chi connectivity index (χ3n) is 4.43. The maximum absolute atomic E-state index is 11.0. The van der Waals surface area contributed by atoms with E-state index in [0.29, 0.717) is 0 Å². The lowest BCUT2D eigenvalue weighted by Crippen LogP contribution is -2.36. The molecule has 2 aliphatic rings. The Balaban J connectivity index is 1.65. The van der Waals surface area contributed by atoms with Gasteiger partial charge in [0.2, 0.25) is 0 Å². The number of aliphatic carboxylic acids is 1. The van der Waals surface area contributed by atoms with Crippen LogP contribution < -0.4 is 0 Å². The largest absolute Gasteiger partial charge is 0.480 e. The summed E-state index contributed by atoms with van der Waals surface area (Å²) in [5.41, 5.74) is 0. The van der Waals surface area contributed by atoms with Gasteiger partial charge < -0.3 is 5.11 Å². The summed E-state index contributed by atoms with van der Waals surface area (Å²) in [5, 5.41) is 9.09. The highest BCUT2D eigenvalue weighted by atomic mass is 16.4. The molecule has 1 saturated carbocycles. The van der Waals surface area contributed by atoms with Gasteiger partial charge in [-0.15, -0.1) is 0 Å². The number of hydrogen-bond acceptors (Lipinski definition) is 2. The van der Waals surface area contributed by atoms with E-state index in [1.165, 1.54) is 44.9 Å². The maximum atomic E-state index is 11.0. The van der Waals surface area contributed by atoms with Crippen LogP contribution in [-0.4, -0.2) is 35.1 Å². The van der Waals surface area contributed by atoms with Crippen LogP contribution in [0, 0.1) is 5.92 Å². The molecule has 0 spiro atoms. The van der Waals surface area contributed by atoms with E-state index >= 15 is 0 Å². The summed E-state index contributed by atoms with van der Waals surface area (Å²) in [6, 6.07) is -0.193. The van der Waals surface area contributed by atoms with Crippen molar-refractivity contribution in [2.45, 2.75) is 63.8 Å². The van der Waals surface area contributed by atoms with Gasteiger partial charge in [0.15, 0.2) is 0 Å². The van der Waals surface area contributed by atoms with Gasteiger partial charge in [-0.25, -0.2) is 0 Å². The molecule has 1 saturated heterocycles. The van der Waals surface area contributed by atoms with Crippen molar-refractivity contribution >= 4 is 5.97 Å². The van der Waals surface area contributed by atoms with Gasteiger partial charge in [0.25, 0.3) is 0 Å². The van der Waals surface area contributed by atoms with Crippen molar-refractivity contribution in [1.82, 2.24) is 4.90 Å². The van der Waals surface area contributed by atoms with E-state index in [-0.39, 0.29) is 6.04 Å². The van der Waals surface area contributed by atoms with Crippen LogP contribution in [0.5, 0.6) is 0 Å². The summed E-state index contributed by atoms with van der Waals surface area (Å²) in [6.07, 6.45) is 11.4. The first kappa shape index (κ1) is 12.9. The van der Waals surface area contributed by atoms with Gasteiger partial charge in [-0.05, 0) is 44.7 Å². The second-order valence-electron chi connectivity index (χ2n) is 5.68. The lowest BCUT2D eigenvalue weighted by molar-refractivity contribution is -0.142. The standard InChI is InChI=1S/C14H25NO2/c16-14(17)13-9-5-11-15(13)10-4-8-12-6-2-1-3-7-12/h12-13H,1-11H2,(H,16,17)/t13-/m0/s1. The zero-order chi connectivity index (χ0) is 12.1. The first-order valence-electron chi connectivity index (χ1n) is 7.24. The zero-order valence-corrected chi connectivity index (χ0v) is 10.7. The summed E-state index contributed by atoms with van der Waals surface area (Å²) in [5.74, 6) is 0.301. The van der Waals surface area contributed by atoms with Crippen LogP contribution in [-0.2, 0) is 4.79 Å². The molecule has 0 aromatic rings. The Morgan fingerprint density at radius 3 is 2.59 bits per heavy atom. The van der Waals surface area contributed by atoms with E-state index in [4.69, 9.17) is 5.11 Å². The van der Waals surface area contributed by atoms with E-state index < -0.39 is 5.97 Å². The van der Waals surface area contributed by atoms with Crippen LogP contribution in [0.3, 0.4) is 0 Å². The summed E-state index contributed by atoms with van der Waals surface area (Å²) >= 11 is 0. The van der Waals surface area contributed by atoms with E-state index in [2.05, 4.69) is 4.90 Å². The molecule has 2 rings (SSSR count). The fourth-order valence-electron chi connectivity index (χ4n) is 3.43. The first-order valence-corrected chi connectivity index (χ1v) is 7.24. The number of carbonyl (C=O) groups is 1. The average Bonchev–Trinajstić information content (AvgIpc) is 2.79. The Kier molecular flexibility index (Phi) is 4.84. The lowest BCUT2D eigenvalue weighted by atomic mass is 9.86. The van der Waals surface area contributed by atoms with Crippen molar-refractivity contribution in [3.8, 4) is 0 Å². The molecule has 1 heterocycles. The fourth-order valence-corrected chi connectivity index (χ4v) is 3.43. The minimum atomic E-state index is -0.625. The molecule has 0 unspecified atom stereocenters. The molecular weight excluding hydrogens is 214 g/mol. The third-order valence-corrected chi connectivity index (χ3v) is 4.43. The maximum Gasteiger partial charge on any atom is 0.320 e. The minimum absolute atomic E-state index is 0.193. The predicted molar refractivity (Wildman–Crippen MR) is 68.0 cm³/mol. The van der Waals surface area contributed by atoms with Gasteiger partial charge in [-0.1, -0.05) is 32.1 Å². The Bertz CT molecular complexity index is 249. The highest BCUT2D eigenvalue weighted by Gasteiger charge is 2.29. The van der Waals surface area contributed by atoms with Crippen LogP contribution in [0.25, 0.3) is 0 Å². The van der Waals surface area contributed by atoms with Gasteiger partial charge in [-0.2, -0.15) is 0 Å². The van der Waals surface area contributed by atoms with Crippen molar-refractivity contribution in [1.29, 1.82) is 0 Å². The number of likely N-dealkylation sites (tertiary alicyclic amines) is 1. The normalized spacial score (nSPS) is 27.4. The highest BCUT2D eigenvalue weighted by molar-refractivity contribution is 5.73. The molecule has 0 amide bonds. The van der Waals surface area contributed by atoms with Crippen molar-refractivity contribution in [2.75, 3.05) is 13.1 Å². The van der Waals surface area contributed by atoms with Crippen LogP contribution in [0.4, 0.5) is 0 Å². The van der Waals surface area contributed by atoms with Crippen molar-refractivity contribution in [3.63, 3.8) is 0 Å². The molecule has 0 aromatic carbocycles. The molecule has 0 radical (unpaired) electrons. The van der Waals surface area contributed by atoms with Crippen molar-refractivity contribution in [3.05, 3.63) is 0 Å². The summed E-state index contributed by atoms with van der Waals surface area (Å²) < 4.78 is 0. The monoisotopic (exact) mass is 239 g/mol. The van der Waals surface area contributed by atoms with Crippen molar-refractivity contribution < 1.29 is 9.90 Å². The molecule has 2 fully saturated rings. The topological polar surface area (TPSA) is 40.5 Å².